The summed E-state index contributed by atoms with van der Waals surface area (Å²) in [6.07, 6.45) is -0.408. The van der Waals surface area contributed by atoms with Crippen LogP contribution in [0.3, 0.4) is 0 Å². The molecule has 78 valence electrons. The highest BCUT2D eigenvalue weighted by molar-refractivity contribution is 7.83. The van der Waals surface area contributed by atoms with Gasteiger partial charge in [0.15, 0.2) is 0 Å². The van der Waals surface area contributed by atoms with Crippen LogP contribution in [-0.4, -0.2) is 6.43 Å². The van der Waals surface area contributed by atoms with Crippen molar-refractivity contribution in [3.05, 3.63) is 34.7 Å². The molecule has 1 aliphatic rings. The number of allylic oxidation sites excluding steroid dienone is 3. The summed E-state index contributed by atoms with van der Waals surface area (Å²) in [6.45, 7) is 0. The molecule has 0 radical (unpaired) electrons. The Morgan fingerprint density at radius 3 is 2.79 bits per heavy atom. The molecular weight excluding hydrogens is 211 g/mol. The molecule has 1 unspecified atom stereocenters. The zero-order valence-electron chi connectivity index (χ0n) is 7.25. The minimum Gasteiger partial charge on any atom is -0.398 e. The third kappa shape index (κ3) is 2.57. The molecule has 0 aliphatic heterocycles. The summed E-state index contributed by atoms with van der Waals surface area (Å²) in [7, 11) is 0. The number of thiol groups is 1. The van der Waals surface area contributed by atoms with E-state index in [0.717, 1.165) is 6.08 Å². The monoisotopic (exact) mass is 221 g/mol. The molecule has 0 bridgehead atoms. The Labute approximate surface area is 85.6 Å². The van der Waals surface area contributed by atoms with Crippen molar-refractivity contribution >= 4 is 12.6 Å². The average molecular weight is 221 g/mol. The van der Waals surface area contributed by atoms with E-state index in [9.17, 15) is 13.2 Å². The highest BCUT2D eigenvalue weighted by Crippen LogP contribution is 2.29. The summed E-state index contributed by atoms with van der Waals surface area (Å²) < 4.78 is 37.6. The van der Waals surface area contributed by atoms with E-state index in [1.807, 2.05) is 0 Å². The number of nitrogens with two attached hydrogens (primary N) is 1. The Balaban J connectivity index is 2.93. The summed E-state index contributed by atoms with van der Waals surface area (Å²) in [6, 6.07) is 0. The molecule has 1 rings (SSSR count). The molecule has 0 saturated heterocycles. The minimum absolute atomic E-state index is 0.189. The molecule has 1 nitrogen and oxygen atoms in total. The van der Waals surface area contributed by atoms with Gasteiger partial charge in [0.2, 0.25) is 6.43 Å². The Morgan fingerprint density at radius 2 is 2.29 bits per heavy atom. The lowest BCUT2D eigenvalue weighted by Crippen LogP contribution is -2.14. The highest BCUT2D eigenvalue weighted by Gasteiger charge is 2.24. The van der Waals surface area contributed by atoms with Gasteiger partial charge in [0.05, 0.1) is 0 Å². The van der Waals surface area contributed by atoms with Gasteiger partial charge in [-0.3, -0.25) is 0 Å². The van der Waals surface area contributed by atoms with Crippen molar-refractivity contribution in [1.82, 2.24) is 0 Å². The molecule has 0 saturated carbocycles. The number of rotatable bonds is 2. The molecule has 1 atom stereocenters. The highest BCUT2D eigenvalue weighted by atomic mass is 32.1. The van der Waals surface area contributed by atoms with Crippen LogP contribution in [0.5, 0.6) is 0 Å². The third-order valence-corrected chi connectivity index (χ3v) is 2.21. The van der Waals surface area contributed by atoms with Gasteiger partial charge in [-0.1, -0.05) is 6.08 Å². The van der Waals surface area contributed by atoms with E-state index in [-0.39, 0.29) is 17.7 Å². The molecule has 0 aromatic heterocycles. The first-order chi connectivity index (χ1) is 6.54. The largest absolute Gasteiger partial charge is 0.398 e. The summed E-state index contributed by atoms with van der Waals surface area (Å²) in [5.74, 6) is -1.67. The van der Waals surface area contributed by atoms with Crippen molar-refractivity contribution in [1.29, 1.82) is 0 Å². The average Bonchev–Trinajstić information content (AvgIpc) is 2.15. The summed E-state index contributed by atoms with van der Waals surface area (Å²) in [5, 5.41) is 1.25. The van der Waals surface area contributed by atoms with Crippen LogP contribution < -0.4 is 5.73 Å². The lowest BCUT2D eigenvalue weighted by molar-refractivity contribution is 0.0963. The van der Waals surface area contributed by atoms with Crippen molar-refractivity contribution in [2.75, 3.05) is 0 Å². The minimum atomic E-state index is -2.57. The third-order valence-electron chi connectivity index (χ3n) is 1.93. The number of hydrogen-bond donors (Lipinski definition) is 2. The summed E-state index contributed by atoms with van der Waals surface area (Å²) in [5.41, 5.74) is 5.89. The Kier molecular flexibility index (Phi) is 3.69. The van der Waals surface area contributed by atoms with Gasteiger partial charge in [0.1, 0.15) is 5.83 Å². The fourth-order valence-corrected chi connectivity index (χ4v) is 1.36. The van der Waals surface area contributed by atoms with Gasteiger partial charge in [-0.05, 0) is 17.1 Å². The maximum absolute atomic E-state index is 12.9. The summed E-state index contributed by atoms with van der Waals surface area (Å²) >= 11 is 3.77. The van der Waals surface area contributed by atoms with E-state index in [4.69, 9.17) is 5.73 Å². The topological polar surface area (TPSA) is 26.0 Å². The van der Waals surface area contributed by atoms with Crippen molar-refractivity contribution in [3.8, 4) is 0 Å². The number of alkyl halides is 2. The smallest absolute Gasteiger partial charge is 0.245 e. The quantitative estimate of drug-likeness (QED) is 0.689. The zero-order valence-corrected chi connectivity index (χ0v) is 8.15. The van der Waals surface area contributed by atoms with Crippen LogP contribution >= 0.6 is 12.6 Å². The molecule has 0 fully saturated rings. The molecule has 2 N–H and O–H groups in total. The predicted molar refractivity (Wildman–Crippen MR) is 52.6 cm³/mol. The maximum Gasteiger partial charge on any atom is 0.245 e. The lowest BCUT2D eigenvalue weighted by Gasteiger charge is -2.17. The molecule has 5 heteroatoms. The fraction of sp³-hybridized carbons (Fsp3) is 0.333. The lowest BCUT2D eigenvalue weighted by atomic mass is 9.94. The molecule has 14 heavy (non-hydrogen) atoms. The second-order valence-corrected chi connectivity index (χ2v) is 3.26. The van der Waals surface area contributed by atoms with E-state index in [0.29, 0.717) is 0 Å². The van der Waals surface area contributed by atoms with Gasteiger partial charge in [-0.25, -0.2) is 13.2 Å². The maximum atomic E-state index is 12.9. The van der Waals surface area contributed by atoms with Gasteiger partial charge < -0.3 is 5.73 Å². The van der Waals surface area contributed by atoms with Crippen LogP contribution in [0.2, 0.25) is 0 Å². The van der Waals surface area contributed by atoms with Crippen molar-refractivity contribution < 1.29 is 13.2 Å². The van der Waals surface area contributed by atoms with Gasteiger partial charge in [-0.2, -0.15) is 0 Å². The predicted octanol–water partition coefficient (Wildman–Crippen LogP) is 2.78. The van der Waals surface area contributed by atoms with Crippen molar-refractivity contribution in [3.63, 3.8) is 0 Å². The first-order valence-corrected chi connectivity index (χ1v) is 4.52. The van der Waals surface area contributed by atoms with Gasteiger partial charge in [0, 0.05) is 18.0 Å². The van der Waals surface area contributed by atoms with E-state index in [2.05, 4.69) is 12.6 Å². The molecule has 0 aromatic rings. The fourth-order valence-electron chi connectivity index (χ4n) is 1.21. The van der Waals surface area contributed by atoms with Crippen molar-refractivity contribution in [2.45, 2.75) is 12.8 Å². The molecule has 0 amide bonds. The van der Waals surface area contributed by atoms with Crippen LogP contribution in [0.25, 0.3) is 0 Å². The van der Waals surface area contributed by atoms with E-state index >= 15 is 0 Å². The van der Waals surface area contributed by atoms with E-state index in [1.165, 1.54) is 11.5 Å². The van der Waals surface area contributed by atoms with Crippen LogP contribution in [0.15, 0.2) is 34.7 Å². The molecule has 0 heterocycles. The van der Waals surface area contributed by atoms with Gasteiger partial charge in [0.25, 0.3) is 0 Å². The van der Waals surface area contributed by atoms with Crippen LogP contribution in [0, 0.1) is 5.92 Å². The number of hydrogen-bond acceptors (Lipinski definition) is 2. The standard InChI is InChI=1S/C9H10F3NS/c10-7-2-5(8(13)4-14)1-6(3-7)9(11)12/h1-2,4,6,9,14H,3,13H2/b8-4-. The first-order valence-electron chi connectivity index (χ1n) is 4.01. The molecule has 1 aliphatic carbocycles. The van der Waals surface area contributed by atoms with Gasteiger partial charge >= 0.3 is 0 Å². The van der Waals surface area contributed by atoms with E-state index < -0.39 is 18.2 Å². The summed E-state index contributed by atoms with van der Waals surface area (Å²) in [4.78, 5) is 0. The second-order valence-electron chi connectivity index (χ2n) is 3.00. The van der Waals surface area contributed by atoms with Crippen LogP contribution in [0.4, 0.5) is 13.2 Å². The van der Waals surface area contributed by atoms with E-state index in [1.54, 1.807) is 0 Å². The Bertz CT molecular complexity index is 307. The Hall–Kier alpha value is -0.840. The van der Waals surface area contributed by atoms with Gasteiger partial charge in [-0.15, -0.1) is 12.6 Å². The SMILES string of the molecule is N/C(=C\S)C1=CC(C(F)F)CC(F)=C1. The molecular formula is C9H10F3NS. The second kappa shape index (κ2) is 4.59. The first kappa shape index (κ1) is 11.2. The van der Waals surface area contributed by atoms with Crippen LogP contribution in [0.1, 0.15) is 6.42 Å². The molecule has 0 spiro atoms. The normalized spacial score (nSPS) is 23.5. The van der Waals surface area contributed by atoms with Crippen LogP contribution in [-0.2, 0) is 0 Å². The number of halogens is 3. The molecule has 0 aromatic carbocycles. The van der Waals surface area contributed by atoms with Crippen molar-refractivity contribution in [2.24, 2.45) is 11.7 Å². The Morgan fingerprint density at radius 1 is 1.64 bits per heavy atom. The zero-order chi connectivity index (χ0) is 10.7.